The van der Waals surface area contributed by atoms with Gasteiger partial charge in [0, 0.05) is 28.6 Å². The van der Waals surface area contributed by atoms with Crippen LogP contribution in [0.15, 0.2) is 63.8 Å². The van der Waals surface area contributed by atoms with Crippen LogP contribution in [0.3, 0.4) is 0 Å². The number of phenols is 1. The molecule has 5 nitrogen and oxygen atoms in total. The number of benzene rings is 3. The Bertz CT molecular complexity index is 1250. The number of carboxylic acid groups (broad SMARTS) is 1. The van der Waals surface area contributed by atoms with Crippen molar-refractivity contribution in [2.24, 2.45) is 0 Å². The van der Waals surface area contributed by atoms with E-state index in [0.717, 1.165) is 5.56 Å². The van der Waals surface area contributed by atoms with E-state index in [9.17, 15) is 19.8 Å². The Balaban J connectivity index is 2.16. The highest BCUT2D eigenvalue weighted by Gasteiger charge is 2.22. The highest BCUT2D eigenvalue weighted by molar-refractivity contribution is 6.07. The molecule has 0 amide bonds. The number of rotatable bonds is 3. The summed E-state index contributed by atoms with van der Waals surface area (Å²) >= 11 is 0. The molecule has 0 fully saturated rings. The van der Waals surface area contributed by atoms with E-state index in [4.69, 9.17) is 4.42 Å². The number of aromatic carboxylic acids is 1. The van der Waals surface area contributed by atoms with Gasteiger partial charge in [-0.3, -0.25) is 4.79 Å². The Morgan fingerprint density at radius 1 is 0.964 bits per heavy atom. The SMILES string of the molecule is CC(C)c1ccc(-c2c3ccc(=O)cc-3oc3cc(O)ccc23)c(C(=O)O)c1. The van der Waals surface area contributed by atoms with E-state index in [1.807, 2.05) is 19.9 Å². The lowest BCUT2D eigenvalue weighted by atomic mass is 9.88. The third kappa shape index (κ3) is 2.91. The number of carboxylic acids is 1. The second kappa shape index (κ2) is 6.53. The summed E-state index contributed by atoms with van der Waals surface area (Å²) in [5.41, 5.74) is 3.09. The Labute approximate surface area is 160 Å². The summed E-state index contributed by atoms with van der Waals surface area (Å²) in [5, 5.41) is 20.4. The normalized spacial score (nSPS) is 11.4. The zero-order valence-corrected chi connectivity index (χ0v) is 15.4. The van der Waals surface area contributed by atoms with E-state index in [1.54, 1.807) is 24.3 Å². The molecule has 28 heavy (non-hydrogen) atoms. The van der Waals surface area contributed by atoms with Gasteiger partial charge in [-0.25, -0.2) is 4.79 Å². The fourth-order valence-electron chi connectivity index (χ4n) is 3.47. The van der Waals surface area contributed by atoms with Crippen molar-refractivity contribution in [2.75, 3.05) is 0 Å². The third-order valence-electron chi connectivity index (χ3n) is 4.89. The van der Waals surface area contributed by atoms with Crippen LogP contribution in [0.1, 0.15) is 35.7 Å². The molecule has 2 aromatic carbocycles. The summed E-state index contributed by atoms with van der Waals surface area (Å²) in [5.74, 6) is -0.483. The van der Waals surface area contributed by atoms with E-state index in [-0.39, 0.29) is 22.7 Å². The molecule has 0 saturated heterocycles. The minimum atomic E-state index is -1.03. The first-order valence-corrected chi connectivity index (χ1v) is 8.92. The molecule has 4 rings (SSSR count). The average Bonchev–Trinajstić information content (AvgIpc) is 2.65. The van der Waals surface area contributed by atoms with E-state index in [1.165, 1.54) is 24.3 Å². The van der Waals surface area contributed by atoms with Crippen LogP contribution in [-0.4, -0.2) is 16.2 Å². The first-order valence-electron chi connectivity index (χ1n) is 8.92. The van der Waals surface area contributed by atoms with E-state index in [2.05, 4.69) is 0 Å². The van der Waals surface area contributed by atoms with E-state index < -0.39 is 5.97 Å². The number of hydrogen-bond donors (Lipinski definition) is 2. The van der Waals surface area contributed by atoms with Crippen LogP contribution in [-0.2, 0) is 0 Å². The fourth-order valence-corrected chi connectivity index (χ4v) is 3.47. The first kappa shape index (κ1) is 17.8. The molecule has 2 aliphatic rings. The Morgan fingerprint density at radius 3 is 2.43 bits per heavy atom. The Kier molecular flexibility index (Phi) is 4.15. The number of hydrogen-bond acceptors (Lipinski definition) is 4. The lowest BCUT2D eigenvalue weighted by molar-refractivity contribution is 0.0697. The molecule has 0 bridgehead atoms. The molecule has 0 aromatic heterocycles. The summed E-state index contributed by atoms with van der Waals surface area (Å²) in [6.07, 6.45) is 0. The highest BCUT2D eigenvalue weighted by atomic mass is 16.4. The van der Waals surface area contributed by atoms with Crippen molar-refractivity contribution < 1.29 is 19.4 Å². The minimum Gasteiger partial charge on any atom is -0.508 e. The van der Waals surface area contributed by atoms with Crippen molar-refractivity contribution in [1.29, 1.82) is 0 Å². The van der Waals surface area contributed by atoms with Gasteiger partial charge >= 0.3 is 5.97 Å². The van der Waals surface area contributed by atoms with Crippen molar-refractivity contribution in [1.82, 2.24) is 0 Å². The van der Waals surface area contributed by atoms with Crippen LogP contribution < -0.4 is 5.43 Å². The summed E-state index contributed by atoms with van der Waals surface area (Å²) in [6, 6.07) is 14.5. The van der Waals surface area contributed by atoms with Crippen molar-refractivity contribution in [2.45, 2.75) is 19.8 Å². The van der Waals surface area contributed by atoms with E-state index >= 15 is 0 Å². The summed E-state index contributed by atoms with van der Waals surface area (Å²) in [6.45, 7) is 4.01. The second-order valence-corrected chi connectivity index (χ2v) is 7.08. The zero-order valence-electron chi connectivity index (χ0n) is 15.4. The van der Waals surface area contributed by atoms with Gasteiger partial charge in [0.15, 0.2) is 5.43 Å². The quantitative estimate of drug-likeness (QED) is 0.488. The van der Waals surface area contributed by atoms with Gasteiger partial charge in [0.1, 0.15) is 17.1 Å². The monoisotopic (exact) mass is 374 g/mol. The number of carbonyl (C=O) groups is 1. The summed E-state index contributed by atoms with van der Waals surface area (Å²) in [7, 11) is 0. The van der Waals surface area contributed by atoms with Crippen LogP contribution in [0.2, 0.25) is 0 Å². The maximum atomic E-state index is 12.0. The van der Waals surface area contributed by atoms with Gasteiger partial charge in [-0.2, -0.15) is 0 Å². The van der Waals surface area contributed by atoms with Crippen LogP contribution in [0.5, 0.6) is 5.75 Å². The van der Waals surface area contributed by atoms with E-state index in [0.29, 0.717) is 33.4 Å². The van der Waals surface area contributed by atoms with Gasteiger partial charge in [-0.05, 0) is 47.4 Å². The molecule has 0 unspecified atom stereocenters. The number of phenolic OH excluding ortho intramolecular Hbond substituents is 1. The Hall–Kier alpha value is -3.60. The number of aromatic hydroxyl groups is 1. The van der Waals surface area contributed by atoms with Crippen molar-refractivity contribution >= 4 is 16.9 Å². The predicted molar refractivity (Wildman–Crippen MR) is 107 cm³/mol. The molecule has 0 radical (unpaired) electrons. The molecule has 1 heterocycles. The standard InChI is InChI=1S/C23H18O5/c1-12(2)13-3-6-16(19(9-13)23(26)27)22-17-7-4-14(24)10-20(17)28-21-11-15(25)5-8-18(21)22/h3-12,24H,1-2H3,(H,26,27). The first-order chi connectivity index (χ1) is 13.3. The molecule has 140 valence electrons. The molecule has 5 heteroatoms. The van der Waals surface area contributed by atoms with Crippen LogP contribution >= 0.6 is 0 Å². The van der Waals surface area contributed by atoms with Gasteiger partial charge in [-0.1, -0.05) is 26.0 Å². The number of fused-ring (bicyclic) bond motifs is 2. The minimum absolute atomic E-state index is 0.0217. The molecule has 2 N–H and O–H groups in total. The van der Waals surface area contributed by atoms with Gasteiger partial charge in [0.2, 0.25) is 0 Å². The van der Waals surface area contributed by atoms with Crippen LogP contribution in [0.4, 0.5) is 0 Å². The zero-order chi connectivity index (χ0) is 20.0. The van der Waals surface area contributed by atoms with Gasteiger partial charge in [0.05, 0.1) is 5.56 Å². The van der Waals surface area contributed by atoms with Crippen molar-refractivity contribution in [3.05, 3.63) is 75.9 Å². The largest absolute Gasteiger partial charge is 0.508 e. The Morgan fingerprint density at radius 2 is 1.71 bits per heavy atom. The van der Waals surface area contributed by atoms with Gasteiger partial charge in [-0.15, -0.1) is 0 Å². The van der Waals surface area contributed by atoms with Crippen LogP contribution in [0, 0.1) is 0 Å². The van der Waals surface area contributed by atoms with Crippen LogP contribution in [0.25, 0.3) is 33.4 Å². The van der Waals surface area contributed by atoms with Gasteiger partial charge in [0.25, 0.3) is 0 Å². The van der Waals surface area contributed by atoms with Crippen molar-refractivity contribution in [3.63, 3.8) is 0 Å². The highest BCUT2D eigenvalue weighted by Crippen LogP contribution is 2.42. The third-order valence-corrected chi connectivity index (χ3v) is 4.89. The van der Waals surface area contributed by atoms with Gasteiger partial charge < -0.3 is 14.6 Å². The molecular weight excluding hydrogens is 356 g/mol. The molecule has 0 spiro atoms. The maximum absolute atomic E-state index is 12.0. The predicted octanol–water partition coefficient (Wildman–Crippen LogP) is 5.09. The summed E-state index contributed by atoms with van der Waals surface area (Å²) in [4.78, 5) is 23.9. The molecule has 0 saturated carbocycles. The lowest BCUT2D eigenvalue weighted by Crippen LogP contribution is -2.04. The fraction of sp³-hybridized carbons (Fsp3) is 0.130. The topological polar surface area (TPSA) is 87.7 Å². The molecule has 1 aliphatic carbocycles. The smallest absolute Gasteiger partial charge is 0.336 e. The molecule has 0 atom stereocenters. The molecule has 1 aliphatic heterocycles. The second-order valence-electron chi connectivity index (χ2n) is 7.08. The maximum Gasteiger partial charge on any atom is 0.336 e. The van der Waals surface area contributed by atoms with Crippen molar-refractivity contribution in [3.8, 4) is 28.2 Å². The molecular formula is C23H18O5. The molecule has 2 aromatic rings. The lowest BCUT2D eigenvalue weighted by Gasteiger charge is -2.18. The average molecular weight is 374 g/mol. The summed E-state index contributed by atoms with van der Waals surface area (Å²) < 4.78 is 5.82.